The molecule has 0 amide bonds. The van der Waals surface area contributed by atoms with Crippen molar-refractivity contribution in [3.05, 3.63) is 0 Å². The zero-order valence-electron chi connectivity index (χ0n) is 58.4. The highest BCUT2D eigenvalue weighted by atomic mass is 31.2. The van der Waals surface area contributed by atoms with Crippen LogP contribution in [0.25, 0.3) is 0 Å². The smallest absolute Gasteiger partial charge is 0.462 e. The first-order chi connectivity index (χ1) is 43.4. The fourth-order valence-corrected chi connectivity index (χ4v) is 12.3. The monoisotopic (exact) mass is 1320 g/mol. The van der Waals surface area contributed by atoms with E-state index in [9.17, 15) is 43.2 Å². The van der Waals surface area contributed by atoms with E-state index in [1.54, 1.807) is 0 Å². The Labute approximate surface area is 549 Å². The first-order valence-corrected chi connectivity index (χ1v) is 40.0. The van der Waals surface area contributed by atoms with Crippen molar-refractivity contribution in [1.29, 1.82) is 0 Å². The van der Waals surface area contributed by atoms with Gasteiger partial charge in [0.05, 0.1) is 26.4 Å². The van der Waals surface area contributed by atoms with Crippen molar-refractivity contribution in [2.24, 2.45) is 11.8 Å². The molecule has 17 nitrogen and oxygen atoms in total. The van der Waals surface area contributed by atoms with Crippen LogP contribution in [0.1, 0.15) is 363 Å². The molecule has 0 aliphatic heterocycles. The van der Waals surface area contributed by atoms with E-state index in [2.05, 4.69) is 41.5 Å². The van der Waals surface area contributed by atoms with Gasteiger partial charge in [-0.1, -0.05) is 311 Å². The zero-order chi connectivity index (χ0) is 66.5. The minimum Gasteiger partial charge on any atom is -0.462 e. The molecule has 3 unspecified atom stereocenters. The molecule has 0 fully saturated rings. The van der Waals surface area contributed by atoms with Gasteiger partial charge >= 0.3 is 39.5 Å². The predicted octanol–water partition coefficient (Wildman–Crippen LogP) is 20.4. The van der Waals surface area contributed by atoms with E-state index in [-0.39, 0.29) is 25.7 Å². The largest absolute Gasteiger partial charge is 0.472 e. The van der Waals surface area contributed by atoms with Gasteiger partial charge in [0.1, 0.15) is 19.3 Å². The number of phosphoric ester groups is 2. The van der Waals surface area contributed by atoms with Crippen LogP contribution in [0.15, 0.2) is 0 Å². The Hall–Kier alpha value is -1.94. The van der Waals surface area contributed by atoms with E-state index in [1.165, 1.54) is 180 Å². The molecule has 534 valence electrons. The van der Waals surface area contributed by atoms with Gasteiger partial charge < -0.3 is 33.8 Å². The number of hydrogen-bond donors (Lipinski definition) is 3. The van der Waals surface area contributed by atoms with Crippen molar-refractivity contribution in [1.82, 2.24) is 0 Å². The average molecular weight is 1330 g/mol. The molecule has 90 heavy (non-hydrogen) atoms. The van der Waals surface area contributed by atoms with Crippen LogP contribution in [-0.2, 0) is 65.4 Å². The molecule has 0 radical (unpaired) electrons. The molecule has 0 saturated carbocycles. The second-order valence-corrected chi connectivity index (χ2v) is 29.3. The lowest BCUT2D eigenvalue weighted by molar-refractivity contribution is -0.161. The molecule has 19 heteroatoms. The van der Waals surface area contributed by atoms with Crippen LogP contribution in [0.5, 0.6) is 0 Å². The maximum absolute atomic E-state index is 13.0. The Morgan fingerprint density at radius 1 is 0.322 bits per heavy atom. The Morgan fingerprint density at radius 3 is 0.844 bits per heavy atom. The van der Waals surface area contributed by atoms with E-state index in [0.29, 0.717) is 25.7 Å². The summed E-state index contributed by atoms with van der Waals surface area (Å²) in [7, 11) is -9.90. The summed E-state index contributed by atoms with van der Waals surface area (Å²) in [5, 5.41) is 10.6. The highest BCUT2D eigenvalue weighted by Crippen LogP contribution is 2.45. The SMILES string of the molecule is CCCCCCCCCCCCCCC(=O)OC[C@H](COP(=O)(O)OC[C@H](O)COP(=O)(O)OC[C@@H](COC(=O)CCCCCCCCCCC(C)CC)OC(=O)CCCCCCCCCCCCCC(C)C)OC(=O)CCCCCCCCCCCCCC. The molecule has 0 aromatic carbocycles. The molecular formula is C71H138O17P2. The summed E-state index contributed by atoms with van der Waals surface area (Å²) >= 11 is 0. The molecule has 0 aromatic heterocycles. The summed E-state index contributed by atoms with van der Waals surface area (Å²) in [6.45, 7) is 9.56. The van der Waals surface area contributed by atoms with Crippen LogP contribution in [0, 0.1) is 11.8 Å². The topological polar surface area (TPSA) is 237 Å². The van der Waals surface area contributed by atoms with Gasteiger partial charge in [-0.2, -0.15) is 0 Å². The zero-order valence-corrected chi connectivity index (χ0v) is 60.2. The van der Waals surface area contributed by atoms with Gasteiger partial charge in [-0.05, 0) is 37.5 Å². The van der Waals surface area contributed by atoms with Gasteiger partial charge in [-0.3, -0.25) is 37.3 Å². The van der Waals surface area contributed by atoms with E-state index >= 15 is 0 Å². The van der Waals surface area contributed by atoms with Gasteiger partial charge in [0, 0.05) is 25.7 Å². The number of aliphatic hydroxyl groups is 1. The second kappa shape index (κ2) is 63.1. The lowest BCUT2D eigenvalue weighted by atomic mass is 9.99. The van der Waals surface area contributed by atoms with Gasteiger partial charge in [0.25, 0.3) is 0 Å². The molecule has 0 spiro atoms. The van der Waals surface area contributed by atoms with Crippen molar-refractivity contribution in [3.8, 4) is 0 Å². The van der Waals surface area contributed by atoms with Crippen molar-refractivity contribution < 1.29 is 80.2 Å². The number of hydrogen-bond acceptors (Lipinski definition) is 15. The molecule has 0 saturated heterocycles. The predicted molar refractivity (Wildman–Crippen MR) is 363 cm³/mol. The summed E-state index contributed by atoms with van der Waals surface area (Å²) < 4.78 is 68.3. The number of rotatable bonds is 70. The average Bonchev–Trinajstić information content (AvgIpc) is 2.88. The summed E-state index contributed by atoms with van der Waals surface area (Å²) in [5.74, 6) is -0.578. The van der Waals surface area contributed by atoms with Crippen molar-refractivity contribution in [3.63, 3.8) is 0 Å². The van der Waals surface area contributed by atoms with Gasteiger partial charge in [-0.15, -0.1) is 0 Å². The Kier molecular flexibility index (Phi) is 61.8. The van der Waals surface area contributed by atoms with Gasteiger partial charge in [0.2, 0.25) is 0 Å². The van der Waals surface area contributed by atoms with Crippen LogP contribution < -0.4 is 0 Å². The number of phosphoric acid groups is 2. The lowest BCUT2D eigenvalue weighted by Crippen LogP contribution is -2.30. The summed E-state index contributed by atoms with van der Waals surface area (Å²) in [6, 6.07) is 0. The summed E-state index contributed by atoms with van der Waals surface area (Å²) in [5.41, 5.74) is 0. The summed E-state index contributed by atoms with van der Waals surface area (Å²) in [4.78, 5) is 72.6. The van der Waals surface area contributed by atoms with E-state index < -0.39 is 97.5 Å². The van der Waals surface area contributed by atoms with Crippen molar-refractivity contribution >= 4 is 39.5 Å². The maximum Gasteiger partial charge on any atom is 0.472 e. The Morgan fingerprint density at radius 2 is 0.567 bits per heavy atom. The molecule has 0 aliphatic rings. The molecule has 3 N–H and O–H groups in total. The third-order valence-electron chi connectivity index (χ3n) is 16.8. The quantitative estimate of drug-likeness (QED) is 0.0222. The first kappa shape index (κ1) is 88.1. The fourth-order valence-electron chi connectivity index (χ4n) is 10.7. The molecule has 0 aromatic rings. The van der Waals surface area contributed by atoms with Gasteiger partial charge in [0.15, 0.2) is 12.2 Å². The van der Waals surface area contributed by atoms with Gasteiger partial charge in [-0.25, -0.2) is 9.13 Å². The summed E-state index contributed by atoms with van der Waals surface area (Å²) in [6.07, 6.45) is 48.3. The minimum atomic E-state index is -4.95. The minimum absolute atomic E-state index is 0.106. The molecular weight excluding hydrogens is 1190 g/mol. The van der Waals surface area contributed by atoms with Crippen LogP contribution in [0.3, 0.4) is 0 Å². The third kappa shape index (κ3) is 63.5. The first-order valence-electron chi connectivity index (χ1n) is 37.0. The number of carbonyl (C=O) groups is 4. The lowest BCUT2D eigenvalue weighted by Gasteiger charge is -2.21. The highest BCUT2D eigenvalue weighted by molar-refractivity contribution is 7.47. The Balaban J connectivity index is 5.26. The Bertz CT molecular complexity index is 1750. The van der Waals surface area contributed by atoms with E-state index in [4.69, 9.17) is 37.0 Å². The van der Waals surface area contributed by atoms with E-state index in [1.807, 2.05) is 0 Å². The van der Waals surface area contributed by atoms with Crippen molar-refractivity contribution in [2.75, 3.05) is 39.6 Å². The number of esters is 4. The molecule has 0 rings (SSSR count). The third-order valence-corrected chi connectivity index (χ3v) is 18.7. The standard InChI is InChI=1S/C71H138O17P2/c1-7-10-12-14-16-18-20-24-28-35-41-47-53-68(73)81-59-66(87-70(75)55-49-43-37-29-25-21-19-17-15-13-11-8-2)61-85-89(77,78)83-57-65(72)58-84-90(79,80)86-62-67(60-82-69(74)54-48-42-36-32-31-34-40-46-52-64(6)9-3)88-71(76)56-50-44-38-30-26-22-23-27-33-39-45-51-63(4)5/h63-67,72H,7-62H2,1-6H3,(H,77,78)(H,79,80)/t64?,65-,66+,67+/m0/s1. The number of ether oxygens (including phenoxy) is 4. The van der Waals surface area contributed by atoms with Crippen LogP contribution in [-0.4, -0.2) is 96.7 Å². The van der Waals surface area contributed by atoms with Crippen molar-refractivity contribution in [2.45, 2.75) is 381 Å². The maximum atomic E-state index is 13.0. The number of carbonyl (C=O) groups excluding carboxylic acids is 4. The van der Waals surface area contributed by atoms with Crippen LogP contribution >= 0.6 is 15.6 Å². The van der Waals surface area contributed by atoms with Crippen LogP contribution in [0.4, 0.5) is 0 Å². The number of aliphatic hydroxyl groups excluding tert-OH is 1. The van der Waals surface area contributed by atoms with E-state index in [0.717, 1.165) is 102 Å². The fraction of sp³-hybridized carbons (Fsp3) is 0.944. The molecule has 0 aliphatic carbocycles. The second-order valence-electron chi connectivity index (χ2n) is 26.3. The molecule has 6 atom stereocenters. The molecule has 0 bridgehead atoms. The highest BCUT2D eigenvalue weighted by Gasteiger charge is 2.30. The van der Waals surface area contributed by atoms with Crippen LogP contribution in [0.2, 0.25) is 0 Å². The number of unbranched alkanes of at least 4 members (excludes halogenated alkanes) is 39. The normalized spacial score (nSPS) is 14.4. The molecule has 0 heterocycles.